The molecule has 138 valence electrons. The van der Waals surface area contributed by atoms with Gasteiger partial charge in [-0.3, -0.25) is 0 Å². The number of aromatic amines is 1. The van der Waals surface area contributed by atoms with Gasteiger partial charge in [0.25, 0.3) is 0 Å². The van der Waals surface area contributed by atoms with Crippen molar-refractivity contribution in [1.29, 1.82) is 5.26 Å². The second kappa shape index (κ2) is 6.64. The quantitative estimate of drug-likeness (QED) is 0.539. The predicted molar refractivity (Wildman–Crippen MR) is 78.5 cm³/mol. The Morgan fingerprint density at radius 3 is 2.26 bits per heavy atom. The summed E-state index contributed by atoms with van der Waals surface area (Å²) in [5.41, 5.74) is -1.15. The van der Waals surface area contributed by atoms with Crippen LogP contribution in [0.4, 0.5) is 26.3 Å². The molecule has 0 aliphatic heterocycles. The first kappa shape index (κ1) is 18.2. The Bertz CT molecular complexity index is 1050. The molecule has 0 unspecified atom stereocenters. The van der Waals surface area contributed by atoms with Crippen LogP contribution in [0.5, 0.6) is 5.75 Å². The van der Waals surface area contributed by atoms with Crippen molar-refractivity contribution in [3.8, 4) is 34.2 Å². The van der Waals surface area contributed by atoms with Gasteiger partial charge >= 0.3 is 6.36 Å². The van der Waals surface area contributed by atoms with Crippen molar-refractivity contribution >= 4 is 0 Å². The predicted octanol–water partition coefficient (Wildman–Crippen LogP) is 4.33. The molecule has 3 rings (SSSR count). The molecule has 1 N–H and O–H groups in total. The minimum Gasteiger partial charge on any atom is -0.406 e. The van der Waals surface area contributed by atoms with E-state index in [1.54, 1.807) is 6.07 Å². The minimum absolute atomic E-state index is 0.0822. The van der Waals surface area contributed by atoms with Crippen molar-refractivity contribution in [2.24, 2.45) is 0 Å². The van der Waals surface area contributed by atoms with E-state index in [4.69, 9.17) is 5.26 Å². The lowest BCUT2D eigenvalue weighted by molar-refractivity contribution is -0.274. The van der Waals surface area contributed by atoms with Gasteiger partial charge in [0.2, 0.25) is 0 Å². The van der Waals surface area contributed by atoms with Crippen LogP contribution in [0, 0.1) is 28.8 Å². The van der Waals surface area contributed by atoms with Crippen molar-refractivity contribution in [3.63, 3.8) is 0 Å². The molecule has 2 aromatic carbocycles. The Hall–Kier alpha value is -3.55. The summed E-state index contributed by atoms with van der Waals surface area (Å²) >= 11 is 0. The molecule has 0 radical (unpaired) electrons. The number of nitrogens with zero attached hydrogens (tertiary/aromatic N) is 3. The van der Waals surface area contributed by atoms with Gasteiger partial charge in [-0.15, -0.1) is 18.3 Å². The molecule has 0 amide bonds. The third-order valence-electron chi connectivity index (χ3n) is 3.39. The first-order chi connectivity index (χ1) is 12.7. The molecule has 1 heterocycles. The molecule has 0 atom stereocenters. The van der Waals surface area contributed by atoms with Crippen LogP contribution < -0.4 is 4.74 Å². The number of hydrogen-bond acceptors (Lipinski definition) is 4. The van der Waals surface area contributed by atoms with E-state index >= 15 is 0 Å². The Kier molecular flexibility index (Phi) is 4.49. The number of nitriles is 1. The van der Waals surface area contributed by atoms with Crippen LogP contribution in [0.15, 0.2) is 30.3 Å². The van der Waals surface area contributed by atoms with Gasteiger partial charge in [-0.05, 0) is 29.8 Å². The van der Waals surface area contributed by atoms with Crippen LogP contribution in [-0.4, -0.2) is 21.8 Å². The van der Waals surface area contributed by atoms with Gasteiger partial charge in [0, 0.05) is 17.2 Å². The fourth-order valence-electron chi connectivity index (χ4n) is 2.34. The summed E-state index contributed by atoms with van der Waals surface area (Å²) in [6, 6.07) is 5.28. The third-order valence-corrected chi connectivity index (χ3v) is 3.39. The smallest absolute Gasteiger partial charge is 0.406 e. The maximum absolute atomic E-state index is 14.0. The lowest BCUT2D eigenvalue weighted by Gasteiger charge is -2.13. The molecule has 11 heteroatoms. The van der Waals surface area contributed by atoms with Crippen LogP contribution in [0.2, 0.25) is 0 Å². The van der Waals surface area contributed by atoms with Crippen molar-refractivity contribution < 1.29 is 31.1 Å². The van der Waals surface area contributed by atoms with Crippen molar-refractivity contribution in [2.45, 2.75) is 6.36 Å². The molecule has 0 saturated heterocycles. The molecule has 0 bridgehead atoms. The Labute approximate surface area is 146 Å². The largest absolute Gasteiger partial charge is 0.573 e. The second-order valence-corrected chi connectivity index (χ2v) is 5.19. The molecule has 3 aromatic rings. The number of ether oxygens (including phenoxy) is 1. The van der Waals surface area contributed by atoms with Gasteiger partial charge in [-0.25, -0.2) is 18.3 Å². The first-order valence-corrected chi connectivity index (χ1v) is 7.05. The number of halogens is 6. The normalized spacial score (nSPS) is 11.3. The molecule has 0 aliphatic carbocycles. The molecule has 0 fully saturated rings. The molecule has 1 aromatic heterocycles. The Morgan fingerprint density at radius 2 is 1.59 bits per heavy atom. The lowest BCUT2D eigenvalue weighted by Crippen LogP contribution is -2.17. The van der Waals surface area contributed by atoms with Gasteiger partial charge in [-0.1, -0.05) is 5.21 Å². The van der Waals surface area contributed by atoms with E-state index in [1.165, 1.54) is 0 Å². The zero-order valence-corrected chi connectivity index (χ0v) is 12.9. The topological polar surface area (TPSA) is 74.6 Å². The molecule has 5 nitrogen and oxygen atoms in total. The van der Waals surface area contributed by atoms with E-state index in [-0.39, 0.29) is 28.6 Å². The highest BCUT2D eigenvalue weighted by molar-refractivity contribution is 5.75. The fourth-order valence-corrected chi connectivity index (χ4v) is 2.34. The Morgan fingerprint density at radius 1 is 0.926 bits per heavy atom. The highest BCUT2D eigenvalue weighted by Crippen LogP contribution is 2.35. The maximum Gasteiger partial charge on any atom is 0.573 e. The standard InChI is InChI=1S/C16H6F6N4O/c17-11-5-13(19)12(18)4-10(11)7-1-8(15-14(6-23)24-26-25-15)3-9(2-7)27-16(20,21)22/h1-5H,(H,24,25,26). The fraction of sp³-hybridized carbons (Fsp3) is 0.0625. The number of nitrogens with one attached hydrogen (secondary N) is 1. The van der Waals surface area contributed by atoms with Gasteiger partial charge in [-0.2, -0.15) is 5.26 Å². The van der Waals surface area contributed by atoms with Crippen molar-refractivity contribution in [2.75, 3.05) is 0 Å². The highest BCUT2D eigenvalue weighted by atomic mass is 19.4. The highest BCUT2D eigenvalue weighted by Gasteiger charge is 2.31. The van der Waals surface area contributed by atoms with Gasteiger partial charge in [0.1, 0.15) is 23.3 Å². The zero-order chi connectivity index (χ0) is 19.8. The van der Waals surface area contributed by atoms with Crippen molar-refractivity contribution in [3.05, 3.63) is 53.5 Å². The molecular weight excluding hydrogens is 378 g/mol. The van der Waals surface area contributed by atoms with E-state index in [0.717, 1.165) is 18.2 Å². The van der Waals surface area contributed by atoms with Crippen LogP contribution in [0.25, 0.3) is 22.4 Å². The molecule has 0 saturated carbocycles. The molecular formula is C16H6F6N4O. The number of hydrogen-bond donors (Lipinski definition) is 1. The average Bonchev–Trinajstić information content (AvgIpc) is 3.05. The lowest BCUT2D eigenvalue weighted by atomic mass is 9.99. The number of benzene rings is 2. The van der Waals surface area contributed by atoms with E-state index in [9.17, 15) is 26.3 Å². The summed E-state index contributed by atoms with van der Waals surface area (Å²) in [6.45, 7) is 0. The van der Waals surface area contributed by atoms with Crippen molar-refractivity contribution in [1.82, 2.24) is 15.4 Å². The average molecular weight is 384 g/mol. The zero-order valence-electron chi connectivity index (χ0n) is 12.9. The van der Waals surface area contributed by atoms with E-state index in [0.29, 0.717) is 6.07 Å². The summed E-state index contributed by atoms with van der Waals surface area (Å²) in [6.07, 6.45) is -5.07. The summed E-state index contributed by atoms with van der Waals surface area (Å²) < 4.78 is 82.3. The molecule has 27 heavy (non-hydrogen) atoms. The van der Waals surface area contributed by atoms with Crippen LogP contribution in [-0.2, 0) is 0 Å². The van der Waals surface area contributed by atoms with Crippen LogP contribution in [0.3, 0.4) is 0 Å². The van der Waals surface area contributed by atoms with E-state index < -0.39 is 35.1 Å². The maximum atomic E-state index is 14.0. The molecule has 0 aliphatic rings. The first-order valence-electron chi connectivity index (χ1n) is 7.05. The SMILES string of the molecule is N#Cc1[nH]nnc1-c1cc(OC(F)(F)F)cc(-c2cc(F)c(F)cc2F)c1. The third kappa shape index (κ3) is 3.84. The molecule has 0 spiro atoms. The van der Waals surface area contributed by atoms with E-state index in [1.807, 2.05) is 0 Å². The number of aromatic nitrogens is 3. The Balaban J connectivity index is 2.22. The van der Waals surface area contributed by atoms with E-state index in [2.05, 4.69) is 20.1 Å². The number of alkyl halides is 3. The van der Waals surface area contributed by atoms with Crippen LogP contribution in [0.1, 0.15) is 5.69 Å². The number of H-pyrrole nitrogens is 1. The van der Waals surface area contributed by atoms with Gasteiger partial charge in [0.15, 0.2) is 17.3 Å². The second-order valence-electron chi connectivity index (χ2n) is 5.19. The monoisotopic (exact) mass is 384 g/mol. The summed E-state index contributed by atoms with van der Waals surface area (Å²) in [4.78, 5) is 0. The minimum atomic E-state index is -5.07. The summed E-state index contributed by atoms with van der Waals surface area (Å²) in [5.74, 6) is -4.83. The summed E-state index contributed by atoms with van der Waals surface area (Å²) in [7, 11) is 0. The van der Waals surface area contributed by atoms with Gasteiger partial charge < -0.3 is 4.74 Å². The number of rotatable bonds is 3. The van der Waals surface area contributed by atoms with Gasteiger partial charge in [0.05, 0.1) is 0 Å². The summed E-state index contributed by atoms with van der Waals surface area (Å²) in [5, 5.41) is 18.2. The van der Waals surface area contributed by atoms with Crippen LogP contribution >= 0.6 is 0 Å².